The molecule has 0 N–H and O–H groups in total. The van der Waals surface area contributed by atoms with Gasteiger partial charge in [-0.1, -0.05) is 23.2 Å². The number of methoxy groups -OCH3 is 1. The number of aromatic nitrogens is 3. The zero-order valence-corrected chi connectivity index (χ0v) is 20.1. The maximum Gasteiger partial charge on any atom is 1.00 e. The summed E-state index contributed by atoms with van der Waals surface area (Å²) in [6.07, 6.45) is 4.68. The Morgan fingerprint density at radius 2 is 1.97 bits per heavy atom. The molecule has 7 nitrogen and oxygen atoms in total. The summed E-state index contributed by atoms with van der Waals surface area (Å²) < 4.78 is 5.36. The van der Waals surface area contributed by atoms with Gasteiger partial charge in [-0.2, -0.15) is 5.10 Å². The second-order valence-corrected chi connectivity index (χ2v) is 7.63. The Balaban J connectivity index is 0.00000256. The van der Waals surface area contributed by atoms with Gasteiger partial charge in [-0.05, 0) is 36.6 Å². The second kappa shape index (κ2) is 9.66. The van der Waals surface area contributed by atoms with E-state index >= 15 is 0 Å². The van der Waals surface area contributed by atoms with Crippen molar-refractivity contribution < 1.29 is 44.2 Å². The number of anilines is 1. The number of carboxylic acids is 1. The number of ether oxygens (including phenoxy) is 1. The van der Waals surface area contributed by atoms with Crippen LogP contribution in [0, 0.1) is 0 Å². The molecule has 10 heteroatoms. The Bertz CT molecular complexity index is 1080. The Kier molecular flexibility index (Phi) is 7.42. The topological polar surface area (TPSA) is 91.3 Å². The molecular formula is C20H17Cl2N4NaO3. The van der Waals surface area contributed by atoms with Gasteiger partial charge in [0.05, 0.1) is 34.9 Å². The number of hydrogen-bond donors (Lipinski definition) is 0. The fourth-order valence-electron chi connectivity index (χ4n) is 3.68. The van der Waals surface area contributed by atoms with E-state index in [1.54, 1.807) is 12.0 Å². The van der Waals surface area contributed by atoms with Gasteiger partial charge in [0.2, 0.25) is 0 Å². The molecule has 3 aromatic rings. The maximum atomic E-state index is 11.6. The number of rotatable bonds is 5. The van der Waals surface area contributed by atoms with Gasteiger partial charge in [-0.15, -0.1) is 5.10 Å². The number of hydrogen-bond acceptors (Lipinski definition) is 7. The fraction of sp³-hybridized carbons (Fsp3) is 0.300. The predicted octanol–water partition coefficient (Wildman–Crippen LogP) is -0.346. The summed E-state index contributed by atoms with van der Waals surface area (Å²) in [5.74, 6) is 0.0305. The number of aliphatic carboxylic acids is 1. The normalized spacial score (nSPS) is 15.8. The van der Waals surface area contributed by atoms with Crippen molar-refractivity contribution in [2.24, 2.45) is 0 Å². The minimum absolute atomic E-state index is 0. The minimum atomic E-state index is -1.11. The number of halogens is 2. The van der Waals surface area contributed by atoms with Crippen LogP contribution in [0.15, 0.2) is 30.6 Å². The Morgan fingerprint density at radius 3 is 2.63 bits per heavy atom. The summed E-state index contributed by atoms with van der Waals surface area (Å²) in [5, 5.41) is 22.8. The van der Waals surface area contributed by atoms with Crippen LogP contribution >= 0.6 is 23.2 Å². The van der Waals surface area contributed by atoms with E-state index < -0.39 is 12.0 Å². The molecule has 30 heavy (non-hydrogen) atoms. The molecule has 1 unspecified atom stereocenters. The van der Waals surface area contributed by atoms with Gasteiger partial charge in [0, 0.05) is 36.1 Å². The third kappa shape index (κ3) is 4.36. The summed E-state index contributed by atoms with van der Waals surface area (Å²) in [5.41, 5.74) is 1.38. The first-order chi connectivity index (χ1) is 14.0. The molecule has 0 saturated carbocycles. The molecule has 1 saturated heterocycles. The number of nitrogens with zero attached hydrogens (tertiary/aromatic N) is 4. The quantitative estimate of drug-likeness (QED) is 0.486. The molecule has 0 bridgehead atoms. The van der Waals surface area contributed by atoms with Crippen molar-refractivity contribution in [1.82, 2.24) is 15.2 Å². The van der Waals surface area contributed by atoms with Gasteiger partial charge < -0.3 is 19.5 Å². The number of carbonyl (C=O) groups excluding carboxylic acids is 1. The molecule has 150 valence electrons. The molecule has 0 aliphatic carbocycles. The molecule has 1 atom stereocenters. The van der Waals surface area contributed by atoms with Crippen LogP contribution in [0.3, 0.4) is 0 Å². The van der Waals surface area contributed by atoms with Crippen molar-refractivity contribution in [2.45, 2.75) is 25.3 Å². The smallest absolute Gasteiger partial charge is 0.548 e. The van der Waals surface area contributed by atoms with Crippen molar-refractivity contribution in [3.8, 4) is 5.75 Å². The molecule has 1 aliphatic heterocycles. The summed E-state index contributed by atoms with van der Waals surface area (Å²) in [6.45, 7) is 0.570. The minimum Gasteiger partial charge on any atom is -0.548 e. The molecule has 0 spiro atoms. The molecular weight excluding hydrogens is 438 g/mol. The van der Waals surface area contributed by atoms with Crippen molar-refractivity contribution in [3.05, 3.63) is 51.9 Å². The number of fused-ring (bicyclic) bond motifs is 1. The summed E-state index contributed by atoms with van der Waals surface area (Å²) in [7, 11) is 1.58. The summed E-state index contributed by atoms with van der Waals surface area (Å²) >= 11 is 12.5. The first kappa shape index (κ1) is 23.0. The molecule has 1 aromatic carbocycles. The molecule has 0 amide bonds. The summed E-state index contributed by atoms with van der Waals surface area (Å²) in [6, 6.07) is 4.82. The fourth-order valence-corrected chi connectivity index (χ4v) is 4.18. The van der Waals surface area contributed by atoms with Crippen LogP contribution in [-0.2, 0) is 11.2 Å². The van der Waals surface area contributed by atoms with E-state index in [1.165, 1.54) is 12.4 Å². The Morgan fingerprint density at radius 1 is 1.23 bits per heavy atom. The van der Waals surface area contributed by atoms with Crippen LogP contribution in [0.1, 0.15) is 24.1 Å². The standard InChI is InChI=1S/C20H18Cl2N4O3.Na/c1-29-11-4-5-12-13(7-11)19(26-6-2-3-18(26)20(27)28)25-24-17(12)8-14-15(21)9-23-10-16(14)22;/h4-5,7,9-10,18H,2-3,6,8H2,1H3,(H,27,28);/q;+1/p-1. The van der Waals surface area contributed by atoms with Gasteiger partial charge in [0.1, 0.15) is 5.75 Å². The third-order valence-electron chi connectivity index (χ3n) is 5.14. The van der Waals surface area contributed by atoms with E-state index in [0.29, 0.717) is 52.3 Å². The SMILES string of the molecule is COc1ccc2c(Cc3c(Cl)cncc3Cl)nnc(N3CCCC3C(=O)[O-])c2c1.[Na+]. The van der Waals surface area contributed by atoms with E-state index in [0.717, 1.165) is 17.2 Å². The van der Waals surface area contributed by atoms with Gasteiger partial charge in [0.15, 0.2) is 5.82 Å². The van der Waals surface area contributed by atoms with Crippen molar-refractivity contribution >= 4 is 45.8 Å². The predicted molar refractivity (Wildman–Crippen MR) is 109 cm³/mol. The van der Waals surface area contributed by atoms with Gasteiger partial charge in [-0.25, -0.2) is 0 Å². The van der Waals surface area contributed by atoms with E-state index in [1.807, 2.05) is 18.2 Å². The third-order valence-corrected chi connectivity index (χ3v) is 5.79. The first-order valence-electron chi connectivity index (χ1n) is 9.08. The molecule has 2 aromatic heterocycles. The van der Waals surface area contributed by atoms with E-state index in [4.69, 9.17) is 27.9 Å². The average Bonchev–Trinajstić information content (AvgIpc) is 3.20. The van der Waals surface area contributed by atoms with Crippen molar-refractivity contribution in [3.63, 3.8) is 0 Å². The van der Waals surface area contributed by atoms with Gasteiger partial charge in [0.25, 0.3) is 0 Å². The van der Waals surface area contributed by atoms with Crippen molar-refractivity contribution in [1.29, 1.82) is 0 Å². The summed E-state index contributed by atoms with van der Waals surface area (Å²) in [4.78, 5) is 17.3. The van der Waals surface area contributed by atoms with Crippen LogP contribution in [0.25, 0.3) is 10.8 Å². The van der Waals surface area contributed by atoms with Crippen LogP contribution in [0.4, 0.5) is 5.82 Å². The second-order valence-electron chi connectivity index (χ2n) is 6.81. The number of pyridine rings is 1. The molecule has 1 fully saturated rings. The zero-order chi connectivity index (χ0) is 20.5. The van der Waals surface area contributed by atoms with Gasteiger partial charge in [-0.3, -0.25) is 4.98 Å². The molecule has 1 aliphatic rings. The Hall–Kier alpha value is -1.64. The Labute approximate surface area is 205 Å². The molecule has 4 rings (SSSR count). The molecule has 0 radical (unpaired) electrons. The van der Waals surface area contributed by atoms with E-state index in [-0.39, 0.29) is 29.6 Å². The largest absolute Gasteiger partial charge is 1.00 e. The van der Waals surface area contributed by atoms with Crippen LogP contribution in [-0.4, -0.2) is 40.8 Å². The number of carbonyl (C=O) groups is 1. The molecule has 3 heterocycles. The average molecular weight is 455 g/mol. The van der Waals surface area contributed by atoms with Crippen LogP contribution < -0.4 is 44.3 Å². The van der Waals surface area contributed by atoms with E-state index in [2.05, 4.69) is 15.2 Å². The van der Waals surface area contributed by atoms with Crippen LogP contribution in [0.2, 0.25) is 10.0 Å². The number of benzene rings is 1. The first-order valence-corrected chi connectivity index (χ1v) is 9.84. The van der Waals surface area contributed by atoms with Crippen LogP contribution in [0.5, 0.6) is 5.75 Å². The number of carboxylic acid groups (broad SMARTS) is 1. The van der Waals surface area contributed by atoms with E-state index in [9.17, 15) is 9.90 Å². The zero-order valence-electron chi connectivity index (χ0n) is 16.6. The van der Waals surface area contributed by atoms with Gasteiger partial charge >= 0.3 is 29.6 Å². The maximum absolute atomic E-state index is 11.6. The van der Waals surface area contributed by atoms with Crippen molar-refractivity contribution in [2.75, 3.05) is 18.6 Å². The monoisotopic (exact) mass is 454 g/mol.